The number of aromatic nitrogens is 4. The van der Waals surface area contributed by atoms with Crippen LogP contribution in [0.2, 0.25) is 0 Å². The molecule has 1 aromatic carbocycles. The molecule has 2 heterocycles. The lowest BCUT2D eigenvalue weighted by Crippen LogP contribution is -2.31. The second kappa shape index (κ2) is 12.4. The Hall–Kier alpha value is -3.56. The second-order valence-electron chi connectivity index (χ2n) is 9.04. The summed E-state index contributed by atoms with van der Waals surface area (Å²) >= 11 is 0. The number of aryl methyl sites for hydroxylation is 2. The molecule has 36 heavy (non-hydrogen) atoms. The fourth-order valence-corrected chi connectivity index (χ4v) is 4.08. The van der Waals surface area contributed by atoms with Crippen molar-refractivity contribution in [3.8, 4) is 11.5 Å². The van der Waals surface area contributed by atoms with Gasteiger partial charge in [-0.2, -0.15) is 0 Å². The van der Waals surface area contributed by atoms with Crippen molar-refractivity contribution in [1.82, 2.24) is 19.1 Å². The van der Waals surface area contributed by atoms with Crippen LogP contribution in [0.15, 0.2) is 27.8 Å². The minimum absolute atomic E-state index is 0.142. The zero-order chi connectivity index (χ0) is 26.2. The van der Waals surface area contributed by atoms with Gasteiger partial charge in [-0.3, -0.25) is 19.1 Å². The van der Waals surface area contributed by atoms with Gasteiger partial charge in [0.1, 0.15) is 17.3 Å². The molecular weight excluding hydrogens is 462 g/mol. The van der Waals surface area contributed by atoms with E-state index in [-0.39, 0.29) is 18.2 Å². The fraction of sp³-hybridized carbons (Fsp3) is 0.538. The first-order valence-corrected chi connectivity index (χ1v) is 12.7. The van der Waals surface area contributed by atoms with Crippen LogP contribution in [0, 0.1) is 5.92 Å². The molecule has 0 spiro atoms. The van der Waals surface area contributed by atoms with E-state index in [0.717, 1.165) is 12.8 Å². The molecule has 0 aliphatic rings. The highest BCUT2D eigenvalue weighted by molar-refractivity contribution is 5.92. The molecule has 0 radical (unpaired) electrons. The summed E-state index contributed by atoms with van der Waals surface area (Å²) < 4.78 is 14.6. The van der Waals surface area contributed by atoms with Gasteiger partial charge in [-0.1, -0.05) is 27.2 Å². The number of H-pyrrole nitrogens is 1. The van der Waals surface area contributed by atoms with Crippen LogP contribution in [0.4, 0.5) is 5.69 Å². The van der Waals surface area contributed by atoms with Gasteiger partial charge < -0.3 is 19.4 Å². The molecule has 0 bridgehead atoms. The Morgan fingerprint density at radius 2 is 1.86 bits per heavy atom. The molecule has 0 aliphatic carbocycles. The first kappa shape index (κ1) is 27.0. The van der Waals surface area contributed by atoms with Crippen molar-refractivity contribution < 1.29 is 14.3 Å². The number of unbranched alkanes of at least 4 members (excludes halogenated alkanes) is 1. The summed E-state index contributed by atoms with van der Waals surface area (Å²) in [5.41, 5.74) is 0.361. The molecule has 0 unspecified atom stereocenters. The Bertz CT molecular complexity index is 1300. The van der Waals surface area contributed by atoms with Crippen LogP contribution in [-0.4, -0.2) is 38.2 Å². The number of nitrogens with one attached hydrogen (secondary N) is 2. The molecule has 196 valence electrons. The molecule has 2 N–H and O–H groups in total. The lowest BCUT2D eigenvalue weighted by atomic mass is 10.2. The van der Waals surface area contributed by atoms with Crippen molar-refractivity contribution in [2.24, 2.45) is 5.92 Å². The predicted octanol–water partition coefficient (Wildman–Crippen LogP) is 3.71. The Morgan fingerprint density at radius 3 is 2.53 bits per heavy atom. The molecule has 0 saturated carbocycles. The van der Waals surface area contributed by atoms with Crippen LogP contribution in [0.1, 0.15) is 59.7 Å². The van der Waals surface area contributed by atoms with E-state index in [1.807, 2.05) is 39.2 Å². The summed E-state index contributed by atoms with van der Waals surface area (Å²) in [6, 6.07) is 5.31. The van der Waals surface area contributed by atoms with E-state index in [9.17, 15) is 14.4 Å². The minimum atomic E-state index is -0.461. The van der Waals surface area contributed by atoms with Gasteiger partial charge in [0.25, 0.3) is 5.56 Å². The summed E-state index contributed by atoms with van der Waals surface area (Å²) in [4.78, 5) is 45.3. The standard InChI is InChI=1S/C26H37N5O5/c1-6-9-14-30-24-23(25(33)29-26(30)34)31(16-17(4)5)21(28-24)12-13-22(32)27-19-15-18(35-7-2)10-11-20(19)36-8-3/h10-11,15,17H,6-9,12-14,16H2,1-5H3,(H,27,32)(H,29,33,34). The van der Waals surface area contributed by atoms with E-state index in [4.69, 9.17) is 9.47 Å². The van der Waals surface area contributed by atoms with Gasteiger partial charge >= 0.3 is 5.69 Å². The predicted molar refractivity (Wildman–Crippen MR) is 140 cm³/mol. The van der Waals surface area contributed by atoms with Crippen LogP contribution in [0.3, 0.4) is 0 Å². The van der Waals surface area contributed by atoms with Crippen molar-refractivity contribution in [1.29, 1.82) is 0 Å². The van der Waals surface area contributed by atoms with Crippen LogP contribution < -0.4 is 26.0 Å². The van der Waals surface area contributed by atoms with E-state index >= 15 is 0 Å². The number of ether oxygens (including phenoxy) is 2. The summed E-state index contributed by atoms with van der Waals surface area (Å²) in [5.74, 6) is 1.82. The number of amides is 1. The maximum atomic E-state index is 12.9. The van der Waals surface area contributed by atoms with E-state index in [1.54, 1.807) is 18.2 Å². The van der Waals surface area contributed by atoms with Gasteiger partial charge in [0.15, 0.2) is 11.2 Å². The Morgan fingerprint density at radius 1 is 1.11 bits per heavy atom. The molecule has 0 saturated heterocycles. The fourth-order valence-electron chi connectivity index (χ4n) is 4.08. The summed E-state index contributed by atoms with van der Waals surface area (Å²) in [7, 11) is 0. The van der Waals surface area contributed by atoms with Crippen LogP contribution in [-0.2, 0) is 24.3 Å². The number of anilines is 1. The number of carbonyl (C=O) groups is 1. The molecule has 10 nitrogen and oxygen atoms in total. The minimum Gasteiger partial charge on any atom is -0.494 e. The van der Waals surface area contributed by atoms with Crippen molar-refractivity contribution in [3.63, 3.8) is 0 Å². The summed E-state index contributed by atoms with van der Waals surface area (Å²) in [6.45, 7) is 11.9. The van der Waals surface area contributed by atoms with Crippen LogP contribution in [0.5, 0.6) is 11.5 Å². The highest BCUT2D eigenvalue weighted by atomic mass is 16.5. The molecule has 1 amide bonds. The molecule has 2 aromatic heterocycles. The highest BCUT2D eigenvalue weighted by Crippen LogP contribution is 2.29. The number of rotatable bonds is 13. The molecule has 0 atom stereocenters. The average molecular weight is 500 g/mol. The number of aromatic amines is 1. The number of fused-ring (bicyclic) bond motifs is 1. The van der Waals surface area contributed by atoms with Gasteiger partial charge in [0.2, 0.25) is 5.91 Å². The molecule has 0 aliphatic heterocycles. The lowest BCUT2D eigenvalue weighted by molar-refractivity contribution is -0.116. The van der Waals surface area contributed by atoms with Gasteiger partial charge in [-0.15, -0.1) is 0 Å². The van der Waals surface area contributed by atoms with Gasteiger partial charge in [0.05, 0.1) is 18.9 Å². The molecule has 3 aromatic rings. The van der Waals surface area contributed by atoms with Crippen molar-refractivity contribution in [2.45, 2.75) is 73.4 Å². The lowest BCUT2D eigenvalue weighted by Gasteiger charge is -2.14. The summed E-state index contributed by atoms with van der Waals surface area (Å²) in [5, 5.41) is 2.91. The normalized spacial score (nSPS) is 11.3. The quantitative estimate of drug-likeness (QED) is 0.370. The SMILES string of the molecule is CCCCn1c(=O)[nH]c(=O)c2c1nc(CCC(=O)Nc1cc(OCC)ccc1OCC)n2CC(C)C. The van der Waals surface area contributed by atoms with Gasteiger partial charge in [0, 0.05) is 32.0 Å². The molecule has 10 heteroatoms. The van der Waals surface area contributed by atoms with Crippen LogP contribution in [0.25, 0.3) is 11.2 Å². The smallest absolute Gasteiger partial charge is 0.330 e. The first-order valence-electron chi connectivity index (χ1n) is 12.7. The van der Waals surface area contributed by atoms with E-state index < -0.39 is 11.2 Å². The van der Waals surface area contributed by atoms with Crippen molar-refractivity contribution in [2.75, 3.05) is 18.5 Å². The Labute approximate surface area is 210 Å². The van der Waals surface area contributed by atoms with E-state index in [1.165, 1.54) is 4.57 Å². The highest BCUT2D eigenvalue weighted by Gasteiger charge is 2.20. The third-order valence-electron chi connectivity index (χ3n) is 5.66. The number of hydrogen-bond acceptors (Lipinski definition) is 6. The van der Waals surface area contributed by atoms with Crippen LogP contribution >= 0.6 is 0 Å². The molecule has 3 rings (SSSR count). The Balaban J connectivity index is 1.90. The number of benzene rings is 1. The summed E-state index contributed by atoms with van der Waals surface area (Å²) in [6.07, 6.45) is 2.15. The second-order valence-corrected chi connectivity index (χ2v) is 9.04. The number of hydrogen-bond donors (Lipinski definition) is 2. The zero-order valence-corrected chi connectivity index (χ0v) is 21.8. The third kappa shape index (κ3) is 6.35. The maximum absolute atomic E-state index is 12.9. The number of carbonyl (C=O) groups excluding carboxylic acids is 1. The Kier molecular flexibility index (Phi) is 9.32. The monoisotopic (exact) mass is 499 g/mol. The molecular formula is C26H37N5O5. The van der Waals surface area contributed by atoms with Crippen molar-refractivity contribution >= 4 is 22.8 Å². The third-order valence-corrected chi connectivity index (χ3v) is 5.66. The van der Waals surface area contributed by atoms with Gasteiger partial charge in [-0.25, -0.2) is 9.78 Å². The number of nitrogens with zero attached hydrogens (tertiary/aromatic N) is 3. The molecule has 0 fully saturated rings. The number of imidazole rings is 1. The van der Waals surface area contributed by atoms with E-state index in [2.05, 4.69) is 15.3 Å². The van der Waals surface area contributed by atoms with E-state index in [0.29, 0.717) is 66.9 Å². The zero-order valence-electron chi connectivity index (χ0n) is 21.8. The topological polar surface area (TPSA) is 120 Å². The maximum Gasteiger partial charge on any atom is 0.330 e. The average Bonchev–Trinajstić information content (AvgIpc) is 3.17. The first-order chi connectivity index (χ1) is 17.3. The largest absolute Gasteiger partial charge is 0.494 e. The van der Waals surface area contributed by atoms with Gasteiger partial charge in [-0.05, 0) is 38.3 Å². The van der Waals surface area contributed by atoms with Crippen molar-refractivity contribution in [3.05, 3.63) is 44.9 Å².